The summed E-state index contributed by atoms with van der Waals surface area (Å²) in [4.78, 5) is 13.8. The first-order valence-corrected chi connectivity index (χ1v) is 6.85. The Labute approximate surface area is 103 Å². The molecule has 0 radical (unpaired) electrons. The van der Waals surface area contributed by atoms with Crippen molar-refractivity contribution in [1.29, 1.82) is 0 Å². The Morgan fingerprint density at radius 3 is 2.76 bits per heavy atom. The van der Waals surface area contributed by atoms with Crippen molar-refractivity contribution in [3.8, 4) is 0 Å². The van der Waals surface area contributed by atoms with E-state index in [0.29, 0.717) is 12.5 Å². The first-order valence-electron chi connectivity index (χ1n) is 6.85. The van der Waals surface area contributed by atoms with Crippen LogP contribution in [0, 0.1) is 0 Å². The predicted molar refractivity (Wildman–Crippen MR) is 66.7 cm³/mol. The molecule has 4 heteroatoms. The van der Waals surface area contributed by atoms with Crippen molar-refractivity contribution < 1.29 is 9.90 Å². The molecule has 98 valence electrons. The van der Waals surface area contributed by atoms with Gasteiger partial charge in [-0.25, -0.2) is 0 Å². The molecule has 4 nitrogen and oxygen atoms in total. The predicted octanol–water partition coefficient (Wildman–Crippen LogP) is 0.890. The number of rotatable bonds is 2. The van der Waals surface area contributed by atoms with Gasteiger partial charge in [-0.3, -0.25) is 9.69 Å². The summed E-state index contributed by atoms with van der Waals surface area (Å²) in [7, 11) is 2.07. The van der Waals surface area contributed by atoms with E-state index in [0.717, 1.165) is 38.6 Å². The third-order valence-corrected chi connectivity index (χ3v) is 4.25. The van der Waals surface area contributed by atoms with E-state index in [4.69, 9.17) is 0 Å². The molecule has 1 saturated heterocycles. The molecule has 3 unspecified atom stereocenters. The summed E-state index contributed by atoms with van der Waals surface area (Å²) in [5, 5.41) is 13.0. The average molecular weight is 240 g/mol. The van der Waals surface area contributed by atoms with Gasteiger partial charge in [0.2, 0.25) is 5.91 Å². The van der Waals surface area contributed by atoms with E-state index in [1.807, 2.05) is 0 Å². The van der Waals surface area contributed by atoms with Crippen molar-refractivity contribution in [2.24, 2.45) is 0 Å². The van der Waals surface area contributed by atoms with Gasteiger partial charge in [0, 0.05) is 25.0 Å². The fourth-order valence-electron chi connectivity index (χ4n) is 3.14. The third-order valence-electron chi connectivity index (χ3n) is 4.25. The number of hydrogen-bond donors (Lipinski definition) is 2. The molecule has 1 saturated carbocycles. The summed E-state index contributed by atoms with van der Waals surface area (Å²) < 4.78 is 0. The normalized spacial score (nSPS) is 35.5. The van der Waals surface area contributed by atoms with E-state index in [-0.39, 0.29) is 18.1 Å². The number of aliphatic hydroxyl groups is 1. The lowest BCUT2D eigenvalue weighted by Gasteiger charge is -2.39. The van der Waals surface area contributed by atoms with Crippen LogP contribution >= 0.6 is 0 Å². The summed E-state index contributed by atoms with van der Waals surface area (Å²) in [5.41, 5.74) is 0. The lowest BCUT2D eigenvalue weighted by Crippen LogP contribution is -2.48. The molecule has 2 N–H and O–H groups in total. The second kappa shape index (κ2) is 5.83. The minimum Gasteiger partial charge on any atom is -0.391 e. The lowest BCUT2D eigenvalue weighted by atomic mass is 9.90. The molecule has 2 aliphatic rings. The lowest BCUT2D eigenvalue weighted by molar-refractivity contribution is -0.122. The molecule has 17 heavy (non-hydrogen) atoms. The van der Waals surface area contributed by atoms with Gasteiger partial charge in [-0.05, 0) is 32.7 Å². The van der Waals surface area contributed by atoms with Crippen molar-refractivity contribution in [1.82, 2.24) is 10.2 Å². The highest BCUT2D eigenvalue weighted by Gasteiger charge is 2.31. The molecule has 0 aromatic heterocycles. The van der Waals surface area contributed by atoms with Gasteiger partial charge in [-0.15, -0.1) is 0 Å². The van der Waals surface area contributed by atoms with Crippen molar-refractivity contribution in [2.75, 3.05) is 13.6 Å². The molecule has 2 fully saturated rings. The van der Waals surface area contributed by atoms with Crippen LogP contribution in [0.1, 0.15) is 44.9 Å². The van der Waals surface area contributed by atoms with Crippen LogP contribution in [0.15, 0.2) is 0 Å². The highest BCUT2D eigenvalue weighted by Crippen LogP contribution is 2.26. The van der Waals surface area contributed by atoms with Crippen LogP contribution in [-0.4, -0.2) is 47.7 Å². The molecule has 3 atom stereocenters. The van der Waals surface area contributed by atoms with Gasteiger partial charge in [0.25, 0.3) is 0 Å². The van der Waals surface area contributed by atoms with Gasteiger partial charge in [0.15, 0.2) is 0 Å². The summed E-state index contributed by atoms with van der Waals surface area (Å²) in [5.74, 6) is 0.157. The van der Waals surface area contributed by atoms with E-state index in [2.05, 4.69) is 17.3 Å². The van der Waals surface area contributed by atoms with Crippen molar-refractivity contribution in [3.05, 3.63) is 0 Å². The zero-order valence-electron chi connectivity index (χ0n) is 10.7. The minimum absolute atomic E-state index is 0.157. The number of aliphatic hydroxyl groups excluding tert-OH is 1. The first kappa shape index (κ1) is 12.8. The molecule has 0 aromatic carbocycles. The summed E-state index contributed by atoms with van der Waals surface area (Å²) in [6.07, 6.45) is 6.78. The zero-order chi connectivity index (χ0) is 12.3. The largest absolute Gasteiger partial charge is 0.391 e. The Morgan fingerprint density at radius 2 is 2.00 bits per heavy atom. The number of amides is 1. The third kappa shape index (κ3) is 3.19. The molecular formula is C13H24N2O2. The Balaban J connectivity index is 1.96. The first-order chi connectivity index (χ1) is 8.18. The van der Waals surface area contributed by atoms with E-state index >= 15 is 0 Å². The monoisotopic (exact) mass is 240 g/mol. The SMILES string of the molecule is CN(C1CCCNC(=O)C1)C1CCCCC1O. The van der Waals surface area contributed by atoms with E-state index in [1.165, 1.54) is 6.42 Å². The molecule has 0 spiro atoms. The Morgan fingerprint density at radius 1 is 1.24 bits per heavy atom. The fourth-order valence-corrected chi connectivity index (χ4v) is 3.14. The second-order valence-electron chi connectivity index (χ2n) is 5.43. The molecule has 0 bridgehead atoms. The van der Waals surface area contributed by atoms with E-state index < -0.39 is 0 Å². The van der Waals surface area contributed by atoms with E-state index in [9.17, 15) is 9.90 Å². The number of carbonyl (C=O) groups excluding carboxylic acids is 1. The van der Waals surface area contributed by atoms with Crippen molar-refractivity contribution >= 4 is 5.91 Å². The maximum Gasteiger partial charge on any atom is 0.221 e. The summed E-state index contributed by atoms with van der Waals surface area (Å²) in [6.45, 7) is 0.802. The summed E-state index contributed by atoms with van der Waals surface area (Å²) >= 11 is 0. The fraction of sp³-hybridized carbons (Fsp3) is 0.923. The standard InChI is InChI=1S/C13H24N2O2/c1-15(11-6-2-3-7-12(11)16)10-5-4-8-14-13(17)9-10/h10-12,16H,2-9H2,1H3,(H,14,17). The van der Waals surface area contributed by atoms with Crippen LogP contribution < -0.4 is 5.32 Å². The average Bonchev–Trinajstić information content (AvgIpc) is 2.54. The number of nitrogens with zero attached hydrogens (tertiary/aromatic N) is 1. The van der Waals surface area contributed by atoms with Gasteiger partial charge >= 0.3 is 0 Å². The van der Waals surface area contributed by atoms with Crippen LogP contribution in [0.25, 0.3) is 0 Å². The zero-order valence-corrected chi connectivity index (χ0v) is 10.7. The van der Waals surface area contributed by atoms with Crippen LogP contribution in [0.5, 0.6) is 0 Å². The molecule has 1 aliphatic heterocycles. The maximum atomic E-state index is 11.6. The van der Waals surface area contributed by atoms with Crippen LogP contribution in [0.4, 0.5) is 0 Å². The molecule has 1 aliphatic carbocycles. The van der Waals surface area contributed by atoms with Gasteiger partial charge in [0.05, 0.1) is 6.10 Å². The number of likely N-dealkylation sites (N-methyl/N-ethyl adjacent to an activating group) is 1. The number of carbonyl (C=O) groups is 1. The molecule has 1 heterocycles. The van der Waals surface area contributed by atoms with Crippen molar-refractivity contribution in [2.45, 2.75) is 63.1 Å². The van der Waals surface area contributed by atoms with Gasteiger partial charge in [0.1, 0.15) is 0 Å². The van der Waals surface area contributed by atoms with E-state index in [1.54, 1.807) is 0 Å². The number of hydrogen-bond acceptors (Lipinski definition) is 3. The van der Waals surface area contributed by atoms with Gasteiger partial charge in [-0.2, -0.15) is 0 Å². The Hall–Kier alpha value is -0.610. The number of nitrogens with one attached hydrogen (secondary N) is 1. The van der Waals surface area contributed by atoms with Crippen LogP contribution in [0.2, 0.25) is 0 Å². The summed E-state index contributed by atoms with van der Waals surface area (Å²) in [6, 6.07) is 0.551. The minimum atomic E-state index is -0.208. The Kier molecular flexibility index (Phi) is 4.40. The quantitative estimate of drug-likeness (QED) is 0.753. The van der Waals surface area contributed by atoms with Gasteiger partial charge < -0.3 is 10.4 Å². The highest BCUT2D eigenvalue weighted by molar-refractivity contribution is 5.76. The topological polar surface area (TPSA) is 52.6 Å². The highest BCUT2D eigenvalue weighted by atomic mass is 16.3. The van der Waals surface area contributed by atoms with Gasteiger partial charge in [-0.1, -0.05) is 12.8 Å². The molecular weight excluding hydrogens is 216 g/mol. The molecule has 1 amide bonds. The smallest absolute Gasteiger partial charge is 0.221 e. The van der Waals surface area contributed by atoms with Crippen LogP contribution in [0.3, 0.4) is 0 Å². The molecule has 0 aromatic rings. The molecule has 2 rings (SSSR count). The Bertz CT molecular complexity index is 270. The van der Waals surface area contributed by atoms with Crippen LogP contribution in [-0.2, 0) is 4.79 Å². The second-order valence-corrected chi connectivity index (χ2v) is 5.43. The maximum absolute atomic E-state index is 11.6. The van der Waals surface area contributed by atoms with Crippen molar-refractivity contribution in [3.63, 3.8) is 0 Å².